The topological polar surface area (TPSA) is 591 Å². The molecule has 36 heteroatoms. The van der Waals surface area contributed by atoms with Gasteiger partial charge in [-0.3, -0.25) is 62.3 Å². The van der Waals surface area contributed by atoms with Gasteiger partial charge in [-0.2, -0.15) is 0 Å². The van der Waals surface area contributed by atoms with Crippen LogP contribution in [0.4, 0.5) is 0 Å². The highest BCUT2D eigenvalue weighted by molar-refractivity contribution is 6.00. The number of phenolic OH excluding ortho intramolecular Hbond substituents is 1. The van der Waals surface area contributed by atoms with Crippen molar-refractivity contribution in [3.63, 3.8) is 0 Å². The average Bonchev–Trinajstić information content (AvgIpc) is 1.72. The number of unbranched alkanes of at least 4 members (excludes halogenated alkanes) is 2. The van der Waals surface area contributed by atoms with E-state index >= 15 is 0 Å². The Bertz CT molecular complexity index is 3050. The van der Waals surface area contributed by atoms with Crippen LogP contribution in [0.25, 0.3) is 0 Å². The number of nitrogens with two attached hydrogens (primary N) is 4. The zero-order valence-corrected chi connectivity index (χ0v) is 60.3. The highest BCUT2D eigenvalue weighted by Crippen LogP contribution is 2.24. The minimum absolute atomic E-state index is 0.0000723. The molecule has 0 saturated carbocycles. The molecule has 1 aromatic carbocycles. The van der Waals surface area contributed by atoms with Gasteiger partial charge in [0.1, 0.15) is 78.3 Å². The summed E-state index contributed by atoms with van der Waals surface area (Å²) < 4.78 is 0. The second kappa shape index (κ2) is 43.4. The SMILES string of the molecule is CC(C)C[C@H](NC(=O)[C@@H](NC(=O)[C@@H]1CCCN1C(=O)[C@@H](NC(=O)[C@H](CO)NC(=O)[C@@H](NC(=O)[C@H](CCC(N)=O)NC(=O)[C@@H]1CCCN1C(=O)[C@@H](NC(=O)[C@H](CCCCN)NC(=O)[C@H](CCCCN)NC(=O)[C@@H](NC(=O)[C@@H](N)Cc1ccc(O)cc1)[C@@H](C)O)C(C)C)C(C)C)[C@@H](C)O)[C@@H](C)O)C(=O)O. The van der Waals surface area contributed by atoms with Crippen molar-refractivity contribution in [1.29, 1.82) is 0 Å². The Morgan fingerprint density at radius 2 is 0.864 bits per heavy atom. The molecule has 2 fully saturated rings. The average molecular weight is 1460 g/mol. The van der Waals surface area contributed by atoms with Crippen LogP contribution >= 0.6 is 0 Å². The Labute approximate surface area is 599 Å². The number of primary amides is 1. The molecule has 2 heterocycles. The van der Waals surface area contributed by atoms with Crippen LogP contribution in [-0.4, -0.2) is 253 Å². The quantitative estimate of drug-likeness (QED) is 0.0271. The second-order valence-electron chi connectivity index (χ2n) is 27.5. The molecule has 36 nitrogen and oxygen atoms in total. The molecule has 0 aromatic heterocycles. The zero-order valence-electron chi connectivity index (χ0n) is 60.3. The van der Waals surface area contributed by atoms with Gasteiger partial charge in [-0.25, -0.2) is 4.79 Å². The van der Waals surface area contributed by atoms with E-state index in [0.29, 0.717) is 31.2 Å². The molecule has 103 heavy (non-hydrogen) atoms. The van der Waals surface area contributed by atoms with Crippen molar-refractivity contribution in [3.05, 3.63) is 29.8 Å². The van der Waals surface area contributed by atoms with Gasteiger partial charge in [-0.1, -0.05) is 53.7 Å². The number of carbonyl (C=O) groups is 14. The van der Waals surface area contributed by atoms with Gasteiger partial charge >= 0.3 is 5.97 Å². The number of aliphatic hydroxyl groups is 4. The molecule has 0 radical (unpaired) electrons. The third-order valence-corrected chi connectivity index (χ3v) is 17.7. The van der Waals surface area contributed by atoms with E-state index in [0.717, 1.165) is 11.8 Å². The van der Waals surface area contributed by atoms with Crippen LogP contribution in [0.1, 0.15) is 151 Å². The molecule has 0 unspecified atom stereocenters. The summed E-state index contributed by atoms with van der Waals surface area (Å²) in [7, 11) is 0. The van der Waals surface area contributed by atoms with Crippen LogP contribution in [0.2, 0.25) is 0 Å². The van der Waals surface area contributed by atoms with Crippen LogP contribution in [0, 0.1) is 17.8 Å². The number of aliphatic hydroxyl groups excluding tert-OH is 4. The number of carboxylic acids is 1. The molecule has 0 bridgehead atoms. The lowest BCUT2D eigenvalue weighted by atomic mass is 10.00. The van der Waals surface area contributed by atoms with E-state index in [1.807, 2.05) is 0 Å². The van der Waals surface area contributed by atoms with Crippen LogP contribution in [-0.2, 0) is 73.5 Å². The van der Waals surface area contributed by atoms with Gasteiger partial charge in [0.05, 0.1) is 31.0 Å². The fraction of sp³-hybridized carbons (Fsp3) is 0.701. The van der Waals surface area contributed by atoms with Crippen molar-refractivity contribution in [2.24, 2.45) is 40.7 Å². The first-order valence-corrected chi connectivity index (χ1v) is 35.1. The number of aliphatic carboxylic acids is 1. The third-order valence-electron chi connectivity index (χ3n) is 17.7. The summed E-state index contributed by atoms with van der Waals surface area (Å²) in [6.07, 6.45) is -3.51. The van der Waals surface area contributed by atoms with Crippen LogP contribution in [0.3, 0.4) is 0 Å². The number of benzene rings is 1. The molecular formula is C67H112N16O20. The standard InChI is InChI=1S/C67H112N16O20/c1-33(2)30-45(67(102)103)75-64(99)53(37(8)86)80-61(96)48-19-15-29-83(48)66(101)54(38(9)87)81-59(94)46(32-84)76-62(97)50(34(3)4)77-58(93)44(24-25-49(71)89)73-60(95)47-18-14-28-82(47)65(100)51(35(5)6)78-57(92)43(17-11-13-27-69)72-56(91)42(16-10-12-26-68)74-63(98)52(36(7)85)79-55(90)41(70)31-39-20-22-40(88)23-21-39/h20-23,33-38,41-48,50-54,84-88H,10-19,24-32,68-70H2,1-9H3,(H2,71,89)(H,72,91)(H,73,95)(H,74,98)(H,75,99)(H,76,97)(H,77,93)(H,78,92)(H,79,90)(H,80,96)(H,81,94)(H,102,103)/t36-,37-,38-,41+,42+,43+,44+,45+,46+,47+,48+,50+,51+,52+,53+,54+/m1/s1. The summed E-state index contributed by atoms with van der Waals surface area (Å²) in [6, 6.07) is -13.3. The van der Waals surface area contributed by atoms with Crippen molar-refractivity contribution in [2.75, 3.05) is 32.8 Å². The van der Waals surface area contributed by atoms with Crippen LogP contribution in [0.15, 0.2) is 24.3 Å². The summed E-state index contributed by atoms with van der Waals surface area (Å²) in [6.45, 7) is 12.5. The van der Waals surface area contributed by atoms with Gasteiger partial charge in [0.15, 0.2) is 0 Å². The molecule has 2 aliphatic rings. The molecule has 3 rings (SSSR count). The number of hydrogen-bond acceptors (Lipinski definition) is 22. The number of carboxylic acid groups (broad SMARTS) is 1. The maximum Gasteiger partial charge on any atom is 0.326 e. The first-order chi connectivity index (χ1) is 48.4. The summed E-state index contributed by atoms with van der Waals surface area (Å²) in [5.74, 6) is -15.1. The number of rotatable bonds is 44. The summed E-state index contributed by atoms with van der Waals surface area (Å²) in [5.41, 5.74) is 23.8. The lowest BCUT2D eigenvalue weighted by molar-refractivity contribution is -0.146. The second-order valence-corrected chi connectivity index (χ2v) is 27.5. The normalized spacial score (nSPS) is 18.5. The van der Waals surface area contributed by atoms with E-state index in [1.54, 1.807) is 39.8 Å². The first-order valence-electron chi connectivity index (χ1n) is 35.1. The van der Waals surface area contributed by atoms with E-state index in [4.69, 9.17) is 22.9 Å². The van der Waals surface area contributed by atoms with Crippen LogP contribution in [0.5, 0.6) is 5.75 Å². The predicted molar refractivity (Wildman–Crippen MR) is 372 cm³/mol. The van der Waals surface area contributed by atoms with E-state index in [-0.39, 0.29) is 89.2 Å². The van der Waals surface area contributed by atoms with Gasteiger partial charge in [0.2, 0.25) is 76.8 Å². The molecule has 24 N–H and O–H groups in total. The molecule has 0 aliphatic carbocycles. The van der Waals surface area contributed by atoms with Crippen LogP contribution < -0.4 is 76.1 Å². The fourth-order valence-corrected chi connectivity index (χ4v) is 11.8. The number of carbonyl (C=O) groups excluding carboxylic acids is 13. The monoisotopic (exact) mass is 1460 g/mol. The Kier molecular flexibility index (Phi) is 37.3. The molecule has 13 amide bonds. The number of phenols is 1. The largest absolute Gasteiger partial charge is 0.508 e. The molecule has 1 aromatic rings. The highest BCUT2D eigenvalue weighted by atomic mass is 16.4. The minimum Gasteiger partial charge on any atom is -0.508 e. The Hall–Kier alpha value is -8.68. The maximum absolute atomic E-state index is 14.7. The van der Waals surface area contributed by atoms with Gasteiger partial charge in [-0.05, 0) is 153 Å². The molecular weight excluding hydrogens is 1350 g/mol. The van der Waals surface area contributed by atoms with E-state index < -0.39 is 211 Å². The van der Waals surface area contributed by atoms with Crippen molar-refractivity contribution in [3.8, 4) is 5.75 Å². The molecule has 2 saturated heterocycles. The lowest BCUT2D eigenvalue weighted by Crippen LogP contribution is -2.63. The van der Waals surface area contributed by atoms with E-state index in [1.165, 1.54) is 44.7 Å². The Balaban J connectivity index is 1.80. The van der Waals surface area contributed by atoms with Gasteiger partial charge in [-0.15, -0.1) is 0 Å². The summed E-state index contributed by atoms with van der Waals surface area (Å²) in [4.78, 5) is 194. The smallest absolute Gasteiger partial charge is 0.326 e. The first kappa shape index (κ1) is 88.5. The van der Waals surface area contributed by atoms with E-state index in [2.05, 4.69) is 53.2 Å². The molecule has 0 spiro atoms. The zero-order chi connectivity index (χ0) is 77.7. The lowest BCUT2D eigenvalue weighted by Gasteiger charge is -2.33. The highest BCUT2D eigenvalue weighted by Gasteiger charge is 2.45. The van der Waals surface area contributed by atoms with Gasteiger partial charge in [0, 0.05) is 19.5 Å². The predicted octanol–water partition coefficient (Wildman–Crippen LogP) is -5.81. The fourth-order valence-electron chi connectivity index (χ4n) is 11.8. The minimum atomic E-state index is -1.86. The maximum atomic E-state index is 14.7. The Morgan fingerprint density at radius 1 is 0.476 bits per heavy atom. The summed E-state index contributed by atoms with van der Waals surface area (Å²) in [5, 5.41) is 86.6. The van der Waals surface area contributed by atoms with E-state index in [9.17, 15) is 97.8 Å². The number of nitrogens with one attached hydrogen (secondary N) is 10. The van der Waals surface area contributed by atoms with Crippen molar-refractivity contribution in [2.45, 2.75) is 249 Å². The number of amides is 13. The number of hydrogen-bond donors (Lipinski definition) is 20. The number of aromatic hydroxyl groups is 1. The molecule has 16 atom stereocenters. The van der Waals surface area contributed by atoms with Gasteiger partial charge in [0.25, 0.3) is 0 Å². The molecule has 580 valence electrons. The van der Waals surface area contributed by atoms with Crippen molar-refractivity contribution >= 4 is 82.8 Å². The Morgan fingerprint density at radius 3 is 1.31 bits per heavy atom. The third kappa shape index (κ3) is 28.1. The number of likely N-dealkylation sites (tertiary alicyclic amines) is 2. The number of nitrogens with zero attached hydrogens (tertiary/aromatic N) is 2. The molecule has 2 aliphatic heterocycles. The van der Waals surface area contributed by atoms with Crippen molar-refractivity contribution in [1.82, 2.24) is 63.0 Å². The summed E-state index contributed by atoms with van der Waals surface area (Å²) >= 11 is 0. The van der Waals surface area contributed by atoms with Gasteiger partial charge < -0.3 is 117 Å². The van der Waals surface area contributed by atoms with Crippen molar-refractivity contribution < 1.29 is 97.8 Å².